The normalized spacial score (nSPS) is 15.6. The van der Waals surface area contributed by atoms with E-state index >= 15 is 0 Å². The minimum absolute atomic E-state index is 0.275. The van der Waals surface area contributed by atoms with Gasteiger partial charge in [-0.25, -0.2) is 9.48 Å². The Balaban J connectivity index is 1.54. The largest absolute Gasteiger partial charge is 0.326 e. The number of hydrogen-bond acceptors (Lipinski definition) is 3. The number of nitrogens with one attached hydrogen (secondary N) is 3. The maximum atomic E-state index is 12.4. The lowest BCUT2D eigenvalue weighted by Gasteiger charge is -2.17. The Labute approximate surface area is 146 Å². The van der Waals surface area contributed by atoms with Gasteiger partial charge < -0.3 is 16.0 Å². The Morgan fingerprint density at radius 1 is 1.12 bits per heavy atom. The van der Waals surface area contributed by atoms with Crippen LogP contribution in [-0.2, 0) is 4.79 Å². The highest BCUT2D eigenvalue weighted by molar-refractivity contribution is 5.98. The van der Waals surface area contributed by atoms with Crippen molar-refractivity contribution in [3.05, 3.63) is 42.6 Å². The third-order valence-corrected chi connectivity index (χ3v) is 4.36. The molecule has 3 rings (SSSR count). The second kappa shape index (κ2) is 7.83. The van der Waals surface area contributed by atoms with Crippen LogP contribution in [0, 0.1) is 0 Å². The fourth-order valence-corrected chi connectivity index (χ4v) is 3.04. The minimum Gasteiger partial charge on any atom is -0.326 e. The number of hydrogen-bond donors (Lipinski definition) is 3. The molecule has 0 bridgehead atoms. The second-order valence-corrected chi connectivity index (χ2v) is 6.27. The fourth-order valence-electron chi connectivity index (χ4n) is 3.04. The van der Waals surface area contributed by atoms with Crippen molar-refractivity contribution in [3.63, 3.8) is 0 Å². The van der Waals surface area contributed by atoms with Gasteiger partial charge in [0.15, 0.2) is 0 Å². The summed E-state index contributed by atoms with van der Waals surface area (Å²) in [6.07, 6.45) is 6.23. The molecule has 1 atom stereocenters. The Bertz CT molecular complexity index is 722. The molecule has 1 heterocycles. The first kappa shape index (κ1) is 17.0. The minimum atomic E-state index is -0.671. The van der Waals surface area contributed by atoms with E-state index in [1.165, 1.54) is 12.8 Å². The van der Waals surface area contributed by atoms with Crippen molar-refractivity contribution in [2.75, 3.05) is 10.6 Å². The second-order valence-electron chi connectivity index (χ2n) is 6.27. The van der Waals surface area contributed by atoms with Crippen molar-refractivity contribution in [1.29, 1.82) is 0 Å². The fraction of sp³-hybridized carbons (Fsp3) is 0.389. The summed E-state index contributed by atoms with van der Waals surface area (Å²) in [5.74, 6) is 0.400. The highest BCUT2D eigenvalue weighted by Gasteiger charge is 2.22. The lowest BCUT2D eigenvalue weighted by atomic mass is 10.2. The highest BCUT2D eigenvalue weighted by atomic mass is 16.2. The van der Waals surface area contributed by atoms with Crippen LogP contribution in [0.15, 0.2) is 42.6 Å². The number of benzene rings is 1. The van der Waals surface area contributed by atoms with Crippen LogP contribution in [0.3, 0.4) is 0 Å². The molecule has 132 valence electrons. The highest BCUT2D eigenvalue weighted by Crippen LogP contribution is 2.31. The molecule has 7 heteroatoms. The van der Waals surface area contributed by atoms with Crippen molar-refractivity contribution < 1.29 is 9.59 Å². The first-order valence-corrected chi connectivity index (χ1v) is 8.60. The van der Waals surface area contributed by atoms with Crippen LogP contribution < -0.4 is 16.0 Å². The molecule has 0 unspecified atom stereocenters. The number of para-hydroxylation sites is 1. The molecule has 1 aliphatic carbocycles. The number of amides is 3. The van der Waals surface area contributed by atoms with E-state index in [1.807, 2.05) is 22.9 Å². The summed E-state index contributed by atoms with van der Waals surface area (Å²) in [4.78, 5) is 24.4. The first-order valence-electron chi connectivity index (χ1n) is 8.60. The predicted octanol–water partition coefficient (Wildman–Crippen LogP) is 3.15. The van der Waals surface area contributed by atoms with Crippen LogP contribution in [0.5, 0.6) is 0 Å². The molecule has 1 aromatic carbocycles. The van der Waals surface area contributed by atoms with Crippen molar-refractivity contribution in [2.45, 2.75) is 44.7 Å². The van der Waals surface area contributed by atoms with Gasteiger partial charge in [0.1, 0.15) is 11.9 Å². The summed E-state index contributed by atoms with van der Waals surface area (Å²) in [6.45, 7) is 1.65. The molecule has 0 aliphatic heterocycles. The lowest BCUT2D eigenvalue weighted by molar-refractivity contribution is -0.117. The number of anilines is 2. The number of carbonyl (C=O) groups excluding carboxylic acids is 2. The van der Waals surface area contributed by atoms with E-state index in [2.05, 4.69) is 21.0 Å². The zero-order chi connectivity index (χ0) is 17.6. The zero-order valence-electron chi connectivity index (χ0n) is 14.2. The van der Waals surface area contributed by atoms with Gasteiger partial charge in [-0.15, -0.1) is 0 Å². The van der Waals surface area contributed by atoms with Crippen LogP contribution in [0.1, 0.15) is 38.6 Å². The SMILES string of the molecule is C[C@@H](NC(=O)Nc1ccccc1)C(=O)Nc1ccnn1C1CCCC1. The number of nitrogens with zero attached hydrogens (tertiary/aromatic N) is 2. The monoisotopic (exact) mass is 341 g/mol. The van der Waals surface area contributed by atoms with Crippen molar-refractivity contribution in [1.82, 2.24) is 15.1 Å². The van der Waals surface area contributed by atoms with Gasteiger partial charge >= 0.3 is 6.03 Å². The van der Waals surface area contributed by atoms with Gasteiger partial charge in [0.2, 0.25) is 5.91 Å². The molecule has 1 saturated carbocycles. The number of aromatic nitrogens is 2. The van der Waals surface area contributed by atoms with E-state index in [9.17, 15) is 9.59 Å². The van der Waals surface area contributed by atoms with E-state index in [0.29, 0.717) is 17.5 Å². The maximum Gasteiger partial charge on any atom is 0.319 e. The third kappa shape index (κ3) is 4.37. The molecule has 2 aromatic rings. The van der Waals surface area contributed by atoms with Crippen LogP contribution in [-0.4, -0.2) is 27.8 Å². The molecule has 0 saturated heterocycles. The van der Waals surface area contributed by atoms with Gasteiger partial charge in [-0.2, -0.15) is 5.10 Å². The van der Waals surface area contributed by atoms with Crippen LogP contribution >= 0.6 is 0 Å². The lowest BCUT2D eigenvalue weighted by Crippen LogP contribution is -2.43. The molecular formula is C18H23N5O2. The van der Waals surface area contributed by atoms with Gasteiger partial charge in [-0.1, -0.05) is 31.0 Å². The van der Waals surface area contributed by atoms with Crippen LogP contribution in [0.4, 0.5) is 16.3 Å². The smallest absolute Gasteiger partial charge is 0.319 e. The molecule has 3 N–H and O–H groups in total. The summed E-state index contributed by atoms with van der Waals surface area (Å²) in [6, 6.07) is 10.1. The molecule has 0 spiro atoms. The summed E-state index contributed by atoms with van der Waals surface area (Å²) >= 11 is 0. The Kier molecular flexibility index (Phi) is 5.33. The average molecular weight is 341 g/mol. The van der Waals surface area contributed by atoms with Crippen LogP contribution in [0.25, 0.3) is 0 Å². The molecule has 1 fully saturated rings. The quantitative estimate of drug-likeness (QED) is 0.780. The molecule has 1 aliphatic rings. The molecule has 0 radical (unpaired) electrons. The van der Waals surface area contributed by atoms with Gasteiger partial charge in [0, 0.05) is 11.8 Å². The van der Waals surface area contributed by atoms with Crippen LogP contribution in [0.2, 0.25) is 0 Å². The van der Waals surface area contributed by atoms with Gasteiger partial charge in [-0.05, 0) is 31.9 Å². The summed E-state index contributed by atoms with van der Waals surface area (Å²) < 4.78 is 1.88. The standard InChI is InChI=1S/C18H23N5O2/c1-13(20-18(25)21-14-7-3-2-4-8-14)17(24)22-16-11-12-19-23(16)15-9-5-6-10-15/h2-4,7-8,11-13,15H,5-6,9-10H2,1H3,(H,22,24)(H2,20,21,25)/t13-/m1/s1. The van der Waals surface area contributed by atoms with Gasteiger partial charge in [-0.3, -0.25) is 4.79 Å². The van der Waals surface area contributed by atoms with Gasteiger partial charge in [0.05, 0.1) is 12.2 Å². The molecule has 3 amide bonds. The molecular weight excluding hydrogens is 318 g/mol. The summed E-state index contributed by atoms with van der Waals surface area (Å²) in [7, 11) is 0. The third-order valence-electron chi connectivity index (χ3n) is 4.36. The van der Waals surface area contributed by atoms with E-state index in [-0.39, 0.29) is 5.91 Å². The van der Waals surface area contributed by atoms with E-state index in [0.717, 1.165) is 12.8 Å². The van der Waals surface area contributed by atoms with E-state index < -0.39 is 12.1 Å². The molecule has 25 heavy (non-hydrogen) atoms. The average Bonchev–Trinajstić information content (AvgIpc) is 3.26. The van der Waals surface area contributed by atoms with Gasteiger partial charge in [0.25, 0.3) is 0 Å². The summed E-state index contributed by atoms with van der Waals surface area (Å²) in [5.41, 5.74) is 0.673. The Morgan fingerprint density at radius 2 is 1.84 bits per heavy atom. The number of carbonyl (C=O) groups is 2. The Hall–Kier alpha value is -2.83. The van der Waals surface area contributed by atoms with E-state index in [4.69, 9.17) is 0 Å². The van der Waals surface area contributed by atoms with Crippen molar-refractivity contribution in [2.24, 2.45) is 0 Å². The van der Waals surface area contributed by atoms with Crippen molar-refractivity contribution >= 4 is 23.4 Å². The molecule has 7 nitrogen and oxygen atoms in total. The Morgan fingerprint density at radius 3 is 2.56 bits per heavy atom. The summed E-state index contributed by atoms with van der Waals surface area (Å²) in [5, 5.41) is 12.5. The number of urea groups is 1. The number of rotatable bonds is 5. The predicted molar refractivity (Wildman–Crippen MR) is 96.4 cm³/mol. The first-order chi connectivity index (χ1) is 12.1. The maximum absolute atomic E-state index is 12.4. The van der Waals surface area contributed by atoms with Crippen molar-refractivity contribution in [3.8, 4) is 0 Å². The topological polar surface area (TPSA) is 88.1 Å². The zero-order valence-corrected chi connectivity index (χ0v) is 14.2. The van der Waals surface area contributed by atoms with E-state index in [1.54, 1.807) is 31.3 Å². The molecule has 1 aromatic heterocycles.